The van der Waals surface area contributed by atoms with Gasteiger partial charge >= 0.3 is 0 Å². The molecule has 0 spiro atoms. The van der Waals surface area contributed by atoms with Crippen molar-refractivity contribution in [2.45, 2.75) is 51.3 Å². The average Bonchev–Trinajstić information content (AvgIpc) is 2.72. The predicted octanol–water partition coefficient (Wildman–Crippen LogP) is 1.02. The lowest BCUT2D eigenvalue weighted by molar-refractivity contribution is 0.276. The highest BCUT2D eigenvalue weighted by atomic mass is 32.2. The topological polar surface area (TPSA) is 86.3 Å². The molecule has 0 aliphatic carbocycles. The number of nitrogens with zero attached hydrogens (tertiary/aromatic N) is 2. The summed E-state index contributed by atoms with van der Waals surface area (Å²) in [5.74, 6) is 0. The summed E-state index contributed by atoms with van der Waals surface area (Å²) in [5.41, 5.74) is 0.918. The van der Waals surface area contributed by atoms with Gasteiger partial charge in [0.2, 0.25) is 0 Å². The minimum atomic E-state index is -3.65. The third-order valence-electron chi connectivity index (χ3n) is 3.27. The fraction of sp³-hybridized carbons (Fsp3) is 0.727. The van der Waals surface area contributed by atoms with E-state index in [1.54, 1.807) is 14.0 Å². The minimum absolute atomic E-state index is 0.0569. The molecule has 0 aliphatic heterocycles. The summed E-state index contributed by atoms with van der Waals surface area (Å²) >= 11 is 0. The minimum Gasteiger partial charge on any atom is -0.392 e. The lowest BCUT2D eigenvalue weighted by Crippen LogP contribution is -2.36. The summed E-state index contributed by atoms with van der Waals surface area (Å²) in [6, 6.07) is -0.0569. The van der Waals surface area contributed by atoms with E-state index in [1.165, 1.54) is 4.31 Å². The molecule has 104 valence electrons. The molecule has 0 amide bonds. The van der Waals surface area contributed by atoms with Gasteiger partial charge in [-0.1, -0.05) is 13.8 Å². The van der Waals surface area contributed by atoms with Gasteiger partial charge in [0, 0.05) is 24.3 Å². The first kappa shape index (κ1) is 15.1. The van der Waals surface area contributed by atoms with Gasteiger partial charge in [0.15, 0.2) is 5.03 Å². The average molecular weight is 275 g/mol. The van der Waals surface area contributed by atoms with Gasteiger partial charge in [-0.05, 0) is 19.8 Å². The fourth-order valence-electron chi connectivity index (χ4n) is 1.97. The third-order valence-corrected chi connectivity index (χ3v) is 5.16. The van der Waals surface area contributed by atoms with Crippen LogP contribution in [0.2, 0.25) is 0 Å². The molecule has 2 N–H and O–H groups in total. The second-order valence-corrected chi connectivity index (χ2v) is 6.19. The molecule has 0 atom stereocenters. The third kappa shape index (κ3) is 2.57. The van der Waals surface area contributed by atoms with Gasteiger partial charge in [0.1, 0.15) is 0 Å². The molecule has 1 heterocycles. The van der Waals surface area contributed by atoms with E-state index >= 15 is 0 Å². The van der Waals surface area contributed by atoms with E-state index in [4.69, 9.17) is 0 Å². The number of sulfonamides is 1. The molecule has 0 aromatic carbocycles. The smallest absolute Gasteiger partial charge is 0.262 e. The Morgan fingerprint density at radius 3 is 2.39 bits per heavy atom. The molecular formula is C11H21N3O3S. The summed E-state index contributed by atoms with van der Waals surface area (Å²) in [6.07, 6.45) is 1.48. The van der Waals surface area contributed by atoms with Crippen LogP contribution < -0.4 is 0 Å². The molecule has 1 aromatic rings. The van der Waals surface area contributed by atoms with Gasteiger partial charge in [-0.2, -0.15) is 9.40 Å². The van der Waals surface area contributed by atoms with E-state index in [2.05, 4.69) is 10.2 Å². The van der Waals surface area contributed by atoms with Gasteiger partial charge in [0.25, 0.3) is 10.0 Å². The molecule has 0 saturated heterocycles. The molecule has 6 nitrogen and oxygen atoms in total. The maximum atomic E-state index is 12.4. The van der Waals surface area contributed by atoms with Crippen molar-refractivity contribution in [2.24, 2.45) is 0 Å². The van der Waals surface area contributed by atoms with E-state index in [1.807, 2.05) is 13.8 Å². The molecule has 18 heavy (non-hydrogen) atoms. The predicted molar refractivity (Wildman–Crippen MR) is 68.6 cm³/mol. The van der Waals surface area contributed by atoms with Crippen LogP contribution >= 0.6 is 0 Å². The quantitative estimate of drug-likeness (QED) is 0.811. The van der Waals surface area contributed by atoms with Gasteiger partial charge < -0.3 is 5.11 Å². The molecule has 0 radical (unpaired) electrons. The lowest BCUT2D eigenvalue weighted by atomic mass is 10.2. The Kier molecular flexibility index (Phi) is 4.89. The van der Waals surface area contributed by atoms with Crippen LogP contribution in [0, 0.1) is 6.92 Å². The van der Waals surface area contributed by atoms with Crippen LogP contribution in [0.5, 0.6) is 0 Å². The highest BCUT2D eigenvalue weighted by Gasteiger charge is 2.31. The molecule has 0 bridgehead atoms. The summed E-state index contributed by atoms with van der Waals surface area (Å²) in [7, 11) is -2.10. The van der Waals surface area contributed by atoms with E-state index < -0.39 is 10.0 Å². The number of H-pyrrole nitrogens is 1. The molecule has 7 heteroatoms. The standard InChI is InChI=1S/C11H21N3O3S/c1-5-9(6-2)14(4)18(16,17)11-10(7-15)8(3)12-13-11/h9,15H,5-7H2,1-4H3,(H,12,13). The van der Waals surface area contributed by atoms with Crippen LogP contribution in [0.15, 0.2) is 5.03 Å². The summed E-state index contributed by atoms with van der Waals surface area (Å²) in [5, 5.41) is 15.6. The second-order valence-electron chi connectivity index (χ2n) is 4.28. The van der Waals surface area contributed by atoms with Gasteiger partial charge in [-0.15, -0.1) is 0 Å². The Bertz CT molecular complexity index is 492. The molecule has 1 rings (SSSR count). The van der Waals surface area contributed by atoms with Gasteiger partial charge in [-0.3, -0.25) is 5.10 Å². The summed E-state index contributed by atoms with van der Waals surface area (Å²) < 4.78 is 26.2. The van der Waals surface area contributed by atoms with Crippen LogP contribution in [0.25, 0.3) is 0 Å². The maximum absolute atomic E-state index is 12.4. The number of aromatic nitrogens is 2. The maximum Gasteiger partial charge on any atom is 0.262 e. The highest BCUT2D eigenvalue weighted by Crippen LogP contribution is 2.22. The zero-order valence-corrected chi connectivity index (χ0v) is 12.1. The van der Waals surface area contributed by atoms with Crippen molar-refractivity contribution >= 4 is 10.0 Å². The number of aromatic amines is 1. The van der Waals surface area contributed by atoms with Crippen molar-refractivity contribution in [3.05, 3.63) is 11.3 Å². The van der Waals surface area contributed by atoms with Crippen LogP contribution in [0.1, 0.15) is 37.9 Å². The number of hydrogen-bond donors (Lipinski definition) is 2. The largest absolute Gasteiger partial charge is 0.392 e. The number of aryl methyl sites for hydroxylation is 1. The van der Waals surface area contributed by atoms with Crippen LogP contribution in [0.3, 0.4) is 0 Å². The lowest BCUT2D eigenvalue weighted by Gasteiger charge is -2.24. The SMILES string of the molecule is CCC(CC)N(C)S(=O)(=O)c1n[nH]c(C)c1CO. The number of rotatable bonds is 6. The van der Waals surface area contributed by atoms with E-state index in [0.29, 0.717) is 11.3 Å². The van der Waals surface area contributed by atoms with Crippen molar-refractivity contribution in [1.82, 2.24) is 14.5 Å². The zero-order chi connectivity index (χ0) is 13.9. The Morgan fingerprint density at radius 1 is 1.39 bits per heavy atom. The molecule has 1 aromatic heterocycles. The summed E-state index contributed by atoms with van der Waals surface area (Å²) in [4.78, 5) is 0. The molecule has 0 aliphatic rings. The monoisotopic (exact) mass is 275 g/mol. The molecule has 0 saturated carbocycles. The number of hydrogen-bond acceptors (Lipinski definition) is 4. The van der Waals surface area contributed by atoms with E-state index in [9.17, 15) is 13.5 Å². The van der Waals surface area contributed by atoms with Crippen LogP contribution in [-0.4, -0.2) is 41.1 Å². The van der Waals surface area contributed by atoms with Crippen LogP contribution in [0.4, 0.5) is 0 Å². The van der Waals surface area contributed by atoms with Crippen molar-refractivity contribution < 1.29 is 13.5 Å². The normalized spacial score (nSPS) is 12.6. The van der Waals surface area contributed by atoms with Crippen molar-refractivity contribution in [3.63, 3.8) is 0 Å². The van der Waals surface area contributed by atoms with Crippen molar-refractivity contribution in [3.8, 4) is 0 Å². The van der Waals surface area contributed by atoms with Crippen LogP contribution in [-0.2, 0) is 16.6 Å². The Morgan fingerprint density at radius 2 is 1.94 bits per heavy atom. The first-order chi connectivity index (χ1) is 8.39. The second kappa shape index (κ2) is 5.81. The van der Waals surface area contributed by atoms with Crippen molar-refractivity contribution in [2.75, 3.05) is 7.05 Å². The number of aliphatic hydroxyl groups excluding tert-OH is 1. The highest BCUT2D eigenvalue weighted by molar-refractivity contribution is 7.89. The van der Waals surface area contributed by atoms with Crippen molar-refractivity contribution in [1.29, 1.82) is 0 Å². The molecule has 0 fully saturated rings. The van der Waals surface area contributed by atoms with Gasteiger partial charge in [-0.25, -0.2) is 8.42 Å². The fourth-order valence-corrected chi connectivity index (χ4v) is 3.62. The summed E-state index contributed by atoms with van der Waals surface area (Å²) in [6.45, 7) is 5.24. The molecular weight excluding hydrogens is 254 g/mol. The zero-order valence-electron chi connectivity index (χ0n) is 11.3. The first-order valence-electron chi connectivity index (χ1n) is 6.02. The number of nitrogens with one attached hydrogen (secondary N) is 1. The Balaban J connectivity index is 3.21. The first-order valence-corrected chi connectivity index (χ1v) is 7.46. The van der Waals surface area contributed by atoms with E-state index in [0.717, 1.165) is 12.8 Å². The van der Waals surface area contributed by atoms with E-state index in [-0.39, 0.29) is 17.7 Å². The molecule has 0 unspecified atom stereocenters. The Hall–Kier alpha value is -0.920. The van der Waals surface area contributed by atoms with Gasteiger partial charge in [0.05, 0.1) is 6.61 Å². The number of aliphatic hydroxyl groups is 1. The Labute approximate surface area is 108 Å².